The molecule has 174 valence electrons. The number of benzene rings is 3. The summed E-state index contributed by atoms with van der Waals surface area (Å²) in [7, 11) is -2.22. The summed E-state index contributed by atoms with van der Waals surface area (Å²) in [5.74, 6) is 0.335. The Morgan fingerprint density at radius 3 is 2.30 bits per heavy atom. The Morgan fingerprint density at radius 1 is 1.00 bits per heavy atom. The first-order chi connectivity index (χ1) is 15.8. The van der Waals surface area contributed by atoms with Crippen LogP contribution in [-0.2, 0) is 10.0 Å². The van der Waals surface area contributed by atoms with Gasteiger partial charge in [0.05, 0.1) is 23.4 Å². The van der Waals surface area contributed by atoms with Gasteiger partial charge in [-0.25, -0.2) is 12.8 Å². The second kappa shape index (κ2) is 9.41. The fourth-order valence-electron chi connectivity index (χ4n) is 4.25. The molecule has 1 aliphatic rings. The minimum absolute atomic E-state index is 0.101. The molecule has 1 fully saturated rings. The van der Waals surface area contributed by atoms with Gasteiger partial charge in [0, 0.05) is 30.7 Å². The van der Waals surface area contributed by atoms with Crippen molar-refractivity contribution in [1.29, 1.82) is 0 Å². The molecular weight excluding hydrogens is 441 g/mol. The van der Waals surface area contributed by atoms with Gasteiger partial charge < -0.3 is 15.0 Å². The molecule has 6 nitrogen and oxygen atoms in total. The lowest BCUT2D eigenvalue weighted by Crippen LogP contribution is -2.54. The Labute approximate surface area is 194 Å². The third-order valence-corrected chi connectivity index (χ3v) is 7.08. The van der Waals surface area contributed by atoms with E-state index < -0.39 is 10.0 Å². The Kier molecular flexibility index (Phi) is 6.58. The predicted molar refractivity (Wildman–Crippen MR) is 130 cm³/mol. The van der Waals surface area contributed by atoms with Gasteiger partial charge in [0.1, 0.15) is 11.6 Å². The second-order valence-electron chi connectivity index (χ2n) is 8.37. The van der Waals surface area contributed by atoms with Crippen LogP contribution in [0.2, 0.25) is 0 Å². The molecule has 0 spiro atoms. The van der Waals surface area contributed by atoms with Crippen LogP contribution in [0, 0.1) is 5.82 Å². The van der Waals surface area contributed by atoms with Crippen LogP contribution in [0.4, 0.5) is 15.8 Å². The summed E-state index contributed by atoms with van der Waals surface area (Å²) in [6.07, 6.45) is 0. The molecule has 2 N–H and O–H groups in total. The van der Waals surface area contributed by atoms with E-state index in [2.05, 4.69) is 28.8 Å². The lowest BCUT2D eigenvalue weighted by atomic mass is 10.1. The van der Waals surface area contributed by atoms with Gasteiger partial charge in [-0.05, 0) is 55.8 Å². The summed E-state index contributed by atoms with van der Waals surface area (Å²) in [5.41, 5.74) is 2.32. The van der Waals surface area contributed by atoms with E-state index in [0.717, 1.165) is 18.8 Å². The van der Waals surface area contributed by atoms with E-state index in [0.29, 0.717) is 34.6 Å². The van der Waals surface area contributed by atoms with Crippen LogP contribution in [0.1, 0.15) is 13.8 Å². The van der Waals surface area contributed by atoms with Crippen LogP contribution < -0.4 is 19.7 Å². The largest absolute Gasteiger partial charge is 0.495 e. The van der Waals surface area contributed by atoms with E-state index in [1.165, 1.54) is 18.2 Å². The van der Waals surface area contributed by atoms with Gasteiger partial charge in [-0.3, -0.25) is 4.72 Å². The van der Waals surface area contributed by atoms with E-state index in [4.69, 9.17) is 4.74 Å². The van der Waals surface area contributed by atoms with Crippen molar-refractivity contribution in [3.05, 3.63) is 72.5 Å². The number of hydrogen-bond acceptors (Lipinski definition) is 5. The van der Waals surface area contributed by atoms with E-state index in [1.54, 1.807) is 55.6 Å². The fourth-order valence-corrected chi connectivity index (χ4v) is 5.30. The van der Waals surface area contributed by atoms with Crippen molar-refractivity contribution in [2.24, 2.45) is 0 Å². The van der Waals surface area contributed by atoms with Crippen molar-refractivity contribution in [2.45, 2.75) is 30.8 Å². The minimum Gasteiger partial charge on any atom is -0.495 e. The molecular formula is C25H28FN3O3S. The molecule has 8 heteroatoms. The Morgan fingerprint density at radius 2 is 1.67 bits per heavy atom. The monoisotopic (exact) mass is 469 g/mol. The maximum Gasteiger partial charge on any atom is 0.261 e. The summed E-state index contributed by atoms with van der Waals surface area (Å²) < 4.78 is 48.3. The number of nitrogens with zero attached hydrogens (tertiary/aromatic N) is 1. The molecule has 3 aromatic rings. The first kappa shape index (κ1) is 23.1. The fraction of sp³-hybridized carbons (Fsp3) is 0.280. The minimum atomic E-state index is -3.83. The van der Waals surface area contributed by atoms with Gasteiger partial charge in [0.25, 0.3) is 10.0 Å². The Bertz CT molecular complexity index is 1220. The maximum atomic E-state index is 14.1. The highest BCUT2D eigenvalue weighted by atomic mass is 32.2. The van der Waals surface area contributed by atoms with Crippen molar-refractivity contribution >= 4 is 21.4 Å². The van der Waals surface area contributed by atoms with E-state index in [9.17, 15) is 12.8 Å². The number of anilines is 2. The number of piperazine rings is 1. The molecule has 0 unspecified atom stereocenters. The third kappa shape index (κ3) is 5.12. The number of rotatable bonds is 6. The molecule has 0 bridgehead atoms. The Hall–Kier alpha value is -3.10. The standard InChI is InChI=1S/C25H28FN3O3S/c1-17-15-29(16-18(2)27-17)24-14-20(10-13-25(24)32-3)28-33(30,31)21-11-8-19(9-12-21)22-6-4-5-7-23(22)26/h4-14,17-18,27-28H,15-16H2,1-3H3/t17-,18+. The number of nitrogens with one attached hydrogen (secondary N) is 2. The van der Waals surface area contributed by atoms with Gasteiger partial charge >= 0.3 is 0 Å². The van der Waals surface area contributed by atoms with Gasteiger partial charge in [-0.1, -0.05) is 30.3 Å². The van der Waals surface area contributed by atoms with Crippen LogP contribution >= 0.6 is 0 Å². The SMILES string of the molecule is COc1ccc(NS(=O)(=O)c2ccc(-c3ccccc3F)cc2)cc1N1C[C@@H](C)N[C@@H](C)C1. The molecule has 0 radical (unpaired) electrons. The van der Waals surface area contributed by atoms with E-state index >= 15 is 0 Å². The molecule has 3 aromatic carbocycles. The lowest BCUT2D eigenvalue weighted by molar-refractivity contribution is 0.391. The van der Waals surface area contributed by atoms with Gasteiger partial charge in [0.2, 0.25) is 0 Å². The quantitative estimate of drug-likeness (QED) is 0.557. The molecule has 1 heterocycles. The van der Waals surface area contributed by atoms with Crippen LogP contribution in [0.5, 0.6) is 5.75 Å². The number of sulfonamides is 1. The number of methoxy groups -OCH3 is 1. The first-order valence-electron chi connectivity index (χ1n) is 10.8. The van der Waals surface area contributed by atoms with Crippen molar-refractivity contribution < 1.29 is 17.5 Å². The zero-order valence-corrected chi connectivity index (χ0v) is 19.7. The summed E-state index contributed by atoms with van der Waals surface area (Å²) >= 11 is 0. The predicted octanol–water partition coefficient (Wildman–Crippen LogP) is 4.49. The van der Waals surface area contributed by atoms with Crippen LogP contribution in [0.3, 0.4) is 0 Å². The summed E-state index contributed by atoms with van der Waals surface area (Å²) in [6, 6.07) is 18.4. The van der Waals surface area contributed by atoms with Crippen LogP contribution in [0.15, 0.2) is 71.6 Å². The highest BCUT2D eigenvalue weighted by Gasteiger charge is 2.24. The number of ether oxygens (including phenoxy) is 1. The zero-order chi connectivity index (χ0) is 23.6. The third-order valence-electron chi connectivity index (χ3n) is 5.68. The summed E-state index contributed by atoms with van der Waals surface area (Å²) in [4.78, 5) is 2.30. The smallest absolute Gasteiger partial charge is 0.261 e. The molecule has 1 aliphatic heterocycles. The molecule has 4 rings (SSSR count). The first-order valence-corrected chi connectivity index (χ1v) is 12.3. The summed E-state index contributed by atoms with van der Waals surface area (Å²) in [6.45, 7) is 5.81. The van der Waals surface area contributed by atoms with Crippen LogP contribution in [-0.4, -0.2) is 40.7 Å². The number of hydrogen-bond donors (Lipinski definition) is 2. The molecule has 0 saturated carbocycles. The summed E-state index contributed by atoms with van der Waals surface area (Å²) in [5, 5.41) is 3.49. The molecule has 0 aromatic heterocycles. The van der Waals surface area contributed by atoms with Crippen molar-refractivity contribution in [3.63, 3.8) is 0 Å². The lowest BCUT2D eigenvalue weighted by Gasteiger charge is -2.38. The topological polar surface area (TPSA) is 70.7 Å². The normalized spacial score (nSPS) is 18.7. The molecule has 0 amide bonds. The van der Waals surface area contributed by atoms with Gasteiger partial charge in [0.15, 0.2) is 0 Å². The average Bonchev–Trinajstić information content (AvgIpc) is 2.78. The van der Waals surface area contributed by atoms with Gasteiger partial charge in [-0.15, -0.1) is 0 Å². The van der Waals surface area contributed by atoms with Crippen LogP contribution in [0.25, 0.3) is 11.1 Å². The van der Waals surface area contributed by atoms with Crippen molar-refractivity contribution in [2.75, 3.05) is 29.8 Å². The highest BCUT2D eigenvalue weighted by Crippen LogP contribution is 2.33. The van der Waals surface area contributed by atoms with E-state index in [1.807, 2.05) is 0 Å². The molecule has 0 aliphatic carbocycles. The maximum absolute atomic E-state index is 14.1. The zero-order valence-electron chi connectivity index (χ0n) is 18.9. The number of halogens is 1. The second-order valence-corrected chi connectivity index (χ2v) is 10.1. The molecule has 2 atom stereocenters. The van der Waals surface area contributed by atoms with Crippen molar-refractivity contribution in [1.82, 2.24) is 5.32 Å². The van der Waals surface area contributed by atoms with Crippen molar-refractivity contribution in [3.8, 4) is 16.9 Å². The van der Waals surface area contributed by atoms with Gasteiger partial charge in [-0.2, -0.15) is 0 Å². The molecule has 1 saturated heterocycles. The molecule has 33 heavy (non-hydrogen) atoms. The Balaban J connectivity index is 1.58. The van der Waals surface area contributed by atoms with E-state index in [-0.39, 0.29) is 10.7 Å². The highest BCUT2D eigenvalue weighted by molar-refractivity contribution is 7.92. The average molecular weight is 470 g/mol.